The number of H-pyrrole nitrogens is 1. The van der Waals surface area contributed by atoms with Crippen LogP contribution >= 0.6 is 0 Å². The minimum atomic E-state index is -0.940. The molecule has 0 spiro atoms. The average Bonchev–Trinajstić information content (AvgIpc) is 2.90. The van der Waals surface area contributed by atoms with Crippen molar-refractivity contribution in [3.8, 4) is 6.07 Å². The van der Waals surface area contributed by atoms with Crippen molar-refractivity contribution in [2.45, 2.75) is 19.4 Å². The van der Waals surface area contributed by atoms with Crippen LogP contribution in [0, 0.1) is 16.7 Å². The highest BCUT2D eigenvalue weighted by Crippen LogP contribution is 2.29. The maximum Gasteiger partial charge on any atom is 0.241 e. The largest absolute Gasteiger partial charge is 0.381 e. The summed E-state index contributed by atoms with van der Waals surface area (Å²) in [5.41, 5.74) is -0.940. The number of imidazole rings is 1. The molecule has 17 heavy (non-hydrogen) atoms. The van der Waals surface area contributed by atoms with Crippen LogP contribution in [0.2, 0.25) is 0 Å². The number of rotatable bonds is 3. The standard InChI is InChI=1S/C11H14N4O2/c12-8-11(1-5-17-6-2-11)10(16)15-7-9-13-3-4-14-9/h3-4H,1-2,5-7H2,(H,13,14)(H,15,16). The van der Waals surface area contributed by atoms with E-state index < -0.39 is 5.41 Å². The molecule has 0 atom stereocenters. The second-order valence-corrected chi connectivity index (χ2v) is 4.02. The van der Waals surface area contributed by atoms with Crippen molar-refractivity contribution in [3.05, 3.63) is 18.2 Å². The van der Waals surface area contributed by atoms with Crippen molar-refractivity contribution < 1.29 is 9.53 Å². The van der Waals surface area contributed by atoms with Gasteiger partial charge in [-0.2, -0.15) is 5.26 Å². The molecule has 6 nitrogen and oxygen atoms in total. The first-order valence-electron chi connectivity index (χ1n) is 5.52. The lowest BCUT2D eigenvalue weighted by Crippen LogP contribution is -2.43. The van der Waals surface area contributed by atoms with Gasteiger partial charge in [-0.25, -0.2) is 4.98 Å². The van der Waals surface area contributed by atoms with Gasteiger partial charge in [0.15, 0.2) is 0 Å². The number of ether oxygens (including phenoxy) is 1. The highest BCUT2D eigenvalue weighted by Gasteiger charge is 2.40. The van der Waals surface area contributed by atoms with Crippen molar-refractivity contribution in [2.75, 3.05) is 13.2 Å². The third-order valence-electron chi connectivity index (χ3n) is 2.97. The lowest BCUT2D eigenvalue weighted by Gasteiger charge is -2.29. The van der Waals surface area contributed by atoms with Gasteiger partial charge < -0.3 is 15.0 Å². The molecule has 2 N–H and O–H groups in total. The maximum absolute atomic E-state index is 12.0. The Morgan fingerprint density at radius 2 is 2.41 bits per heavy atom. The Labute approximate surface area is 99.0 Å². The van der Waals surface area contributed by atoms with Gasteiger partial charge in [0.25, 0.3) is 0 Å². The molecule has 1 aliphatic heterocycles. The maximum atomic E-state index is 12.0. The molecular formula is C11H14N4O2. The smallest absolute Gasteiger partial charge is 0.241 e. The quantitative estimate of drug-likeness (QED) is 0.789. The number of carbonyl (C=O) groups is 1. The van der Waals surface area contributed by atoms with E-state index in [2.05, 4.69) is 21.4 Å². The Morgan fingerprint density at radius 1 is 1.65 bits per heavy atom. The van der Waals surface area contributed by atoms with E-state index in [1.165, 1.54) is 0 Å². The summed E-state index contributed by atoms with van der Waals surface area (Å²) >= 11 is 0. The van der Waals surface area contributed by atoms with Crippen molar-refractivity contribution in [1.82, 2.24) is 15.3 Å². The van der Waals surface area contributed by atoms with E-state index in [1.807, 2.05) is 0 Å². The molecule has 0 radical (unpaired) electrons. The molecule has 90 valence electrons. The minimum absolute atomic E-state index is 0.236. The van der Waals surface area contributed by atoms with Crippen molar-refractivity contribution in [2.24, 2.45) is 5.41 Å². The Morgan fingerprint density at radius 3 is 3.00 bits per heavy atom. The monoisotopic (exact) mass is 234 g/mol. The van der Waals surface area contributed by atoms with Crippen LogP contribution in [-0.2, 0) is 16.1 Å². The lowest BCUT2D eigenvalue weighted by molar-refractivity contribution is -0.132. The van der Waals surface area contributed by atoms with E-state index in [0.717, 1.165) is 0 Å². The number of aromatic amines is 1. The number of aromatic nitrogens is 2. The summed E-state index contributed by atoms with van der Waals surface area (Å²) in [5, 5.41) is 11.9. The van der Waals surface area contributed by atoms with Crippen LogP contribution in [0.5, 0.6) is 0 Å². The third kappa shape index (κ3) is 2.45. The molecule has 6 heteroatoms. The summed E-state index contributed by atoms with van der Waals surface area (Å²) < 4.78 is 5.18. The molecule has 0 saturated carbocycles. The molecule has 0 aromatic carbocycles. The molecule has 1 fully saturated rings. The normalized spacial score (nSPS) is 18.3. The third-order valence-corrected chi connectivity index (χ3v) is 2.97. The van der Waals surface area contributed by atoms with Gasteiger partial charge in [-0.05, 0) is 12.8 Å². The number of nitrogens with one attached hydrogen (secondary N) is 2. The first kappa shape index (κ1) is 11.6. The van der Waals surface area contributed by atoms with Gasteiger partial charge in [0.05, 0.1) is 12.6 Å². The SMILES string of the molecule is N#CC1(C(=O)NCc2ncc[nH]2)CCOCC1. The zero-order valence-electron chi connectivity index (χ0n) is 9.40. The highest BCUT2D eigenvalue weighted by atomic mass is 16.5. The number of amides is 1. The first-order chi connectivity index (χ1) is 8.27. The molecule has 1 saturated heterocycles. The van der Waals surface area contributed by atoms with E-state index in [-0.39, 0.29) is 5.91 Å². The Balaban J connectivity index is 1.96. The van der Waals surface area contributed by atoms with Crippen LogP contribution in [0.25, 0.3) is 0 Å². The zero-order chi connectivity index (χ0) is 12.1. The molecule has 1 aromatic heterocycles. The van der Waals surface area contributed by atoms with Crippen LogP contribution in [0.15, 0.2) is 12.4 Å². The van der Waals surface area contributed by atoms with E-state index in [0.29, 0.717) is 38.4 Å². The summed E-state index contributed by atoms with van der Waals surface area (Å²) in [4.78, 5) is 18.9. The number of nitriles is 1. The first-order valence-corrected chi connectivity index (χ1v) is 5.52. The van der Waals surface area contributed by atoms with E-state index in [1.54, 1.807) is 12.4 Å². The zero-order valence-corrected chi connectivity index (χ0v) is 9.40. The predicted octanol–water partition coefficient (Wildman–Crippen LogP) is 0.346. The summed E-state index contributed by atoms with van der Waals surface area (Å²) in [5.74, 6) is 0.443. The number of hydrogen-bond donors (Lipinski definition) is 2. The minimum Gasteiger partial charge on any atom is -0.381 e. The molecule has 1 aliphatic rings. The van der Waals surface area contributed by atoms with Crippen LogP contribution in [0.4, 0.5) is 0 Å². The summed E-state index contributed by atoms with van der Waals surface area (Å²) in [7, 11) is 0. The van der Waals surface area contributed by atoms with Crippen LogP contribution < -0.4 is 5.32 Å². The second kappa shape index (κ2) is 4.97. The Bertz CT molecular complexity index is 415. The number of hydrogen-bond acceptors (Lipinski definition) is 4. The molecular weight excluding hydrogens is 220 g/mol. The molecule has 2 rings (SSSR count). The Kier molecular flexibility index (Phi) is 3.40. The molecule has 0 aliphatic carbocycles. The molecule has 0 bridgehead atoms. The summed E-state index contributed by atoms with van der Waals surface area (Å²) in [6.45, 7) is 1.24. The average molecular weight is 234 g/mol. The van der Waals surface area contributed by atoms with E-state index in [9.17, 15) is 10.1 Å². The highest BCUT2D eigenvalue weighted by molar-refractivity contribution is 5.85. The van der Waals surface area contributed by atoms with Crippen molar-refractivity contribution in [3.63, 3.8) is 0 Å². The fraction of sp³-hybridized carbons (Fsp3) is 0.545. The van der Waals surface area contributed by atoms with Gasteiger partial charge in [-0.15, -0.1) is 0 Å². The van der Waals surface area contributed by atoms with Gasteiger partial charge in [0, 0.05) is 25.6 Å². The lowest BCUT2D eigenvalue weighted by atomic mass is 9.81. The second-order valence-electron chi connectivity index (χ2n) is 4.02. The van der Waals surface area contributed by atoms with E-state index in [4.69, 9.17) is 4.74 Å². The Hall–Kier alpha value is -1.87. The number of carbonyl (C=O) groups excluding carboxylic acids is 1. The van der Waals surface area contributed by atoms with E-state index >= 15 is 0 Å². The predicted molar refractivity (Wildman–Crippen MR) is 58.5 cm³/mol. The molecule has 1 amide bonds. The van der Waals surface area contributed by atoms with Gasteiger partial charge in [-0.1, -0.05) is 0 Å². The fourth-order valence-corrected chi connectivity index (χ4v) is 1.84. The van der Waals surface area contributed by atoms with Crippen LogP contribution in [0.3, 0.4) is 0 Å². The van der Waals surface area contributed by atoms with Gasteiger partial charge >= 0.3 is 0 Å². The summed E-state index contributed by atoms with van der Waals surface area (Å²) in [6, 6.07) is 2.12. The molecule has 1 aromatic rings. The van der Waals surface area contributed by atoms with Crippen LogP contribution in [0.1, 0.15) is 18.7 Å². The van der Waals surface area contributed by atoms with Gasteiger partial charge in [0.1, 0.15) is 11.2 Å². The van der Waals surface area contributed by atoms with Crippen LogP contribution in [-0.4, -0.2) is 29.1 Å². The molecule has 2 heterocycles. The van der Waals surface area contributed by atoms with Crippen molar-refractivity contribution in [1.29, 1.82) is 5.26 Å². The fourth-order valence-electron chi connectivity index (χ4n) is 1.84. The number of nitrogens with zero attached hydrogens (tertiary/aromatic N) is 2. The van der Waals surface area contributed by atoms with Gasteiger partial charge in [-0.3, -0.25) is 4.79 Å². The van der Waals surface area contributed by atoms with Gasteiger partial charge in [0.2, 0.25) is 5.91 Å². The van der Waals surface area contributed by atoms with Crippen molar-refractivity contribution >= 4 is 5.91 Å². The summed E-state index contributed by atoms with van der Waals surface area (Å²) in [6.07, 6.45) is 4.22. The molecule has 0 unspecified atom stereocenters. The topological polar surface area (TPSA) is 90.8 Å².